The molecule has 3 unspecified atom stereocenters. The molecule has 6 heteroatoms. The van der Waals surface area contributed by atoms with Crippen LogP contribution in [-0.2, 0) is 16.0 Å². The highest BCUT2D eigenvalue weighted by molar-refractivity contribution is 5.73. The number of hydrogen-bond acceptors (Lipinski definition) is 4. The van der Waals surface area contributed by atoms with Crippen molar-refractivity contribution in [2.75, 3.05) is 33.3 Å². The van der Waals surface area contributed by atoms with Gasteiger partial charge in [0.05, 0.1) is 12.5 Å². The molecule has 1 fully saturated rings. The number of unbranched alkanes of at least 4 members (excludes halogenated alkanes) is 2. The van der Waals surface area contributed by atoms with Gasteiger partial charge in [0.2, 0.25) is 6.41 Å². The molecule has 1 saturated heterocycles. The summed E-state index contributed by atoms with van der Waals surface area (Å²) in [7, 11) is 2.08. The number of hydrogen-bond donors (Lipinski definition) is 1. The van der Waals surface area contributed by atoms with Crippen LogP contribution in [0.4, 0.5) is 0 Å². The molecule has 6 nitrogen and oxygen atoms in total. The van der Waals surface area contributed by atoms with E-state index >= 15 is 0 Å². The molecule has 0 saturated carbocycles. The van der Waals surface area contributed by atoms with Crippen LogP contribution in [0, 0.1) is 11.3 Å². The van der Waals surface area contributed by atoms with Gasteiger partial charge in [-0.05, 0) is 55.3 Å². The molecule has 3 atom stereocenters. The van der Waals surface area contributed by atoms with Crippen LogP contribution in [0.15, 0.2) is 18.2 Å². The summed E-state index contributed by atoms with van der Waals surface area (Å²) in [5.74, 6) is 0.00308. The quantitative estimate of drug-likeness (QED) is 0.336. The zero-order valence-corrected chi connectivity index (χ0v) is 23.6. The lowest BCUT2D eigenvalue weighted by molar-refractivity contribution is -0.143. The number of carboxylic acids is 1. The first-order chi connectivity index (χ1) is 17.2. The van der Waals surface area contributed by atoms with Crippen LogP contribution in [0.25, 0.3) is 0 Å². The highest BCUT2D eigenvalue weighted by Gasteiger charge is 2.46. The fourth-order valence-corrected chi connectivity index (χ4v) is 5.76. The lowest BCUT2D eigenvalue weighted by Gasteiger charge is -2.33. The van der Waals surface area contributed by atoms with Crippen LogP contribution in [0.1, 0.15) is 96.6 Å². The number of likely N-dealkylation sites (N-methyl/N-ethyl adjacent to an activating group) is 1. The highest BCUT2D eigenvalue weighted by Crippen LogP contribution is 2.43. The zero-order valence-electron chi connectivity index (χ0n) is 23.6. The molecule has 204 valence electrons. The van der Waals surface area contributed by atoms with E-state index in [4.69, 9.17) is 4.74 Å². The number of benzene rings is 1. The molecule has 0 radical (unpaired) electrons. The Kier molecular flexibility index (Phi) is 12.2. The van der Waals surface area contributed by atoms with Crippen LogP contribution in [0.2, 0.25) is 0 Å². The third-order valence-corrected chi connectivity index (χ3v) is 7.76. The number of nitrogens with zero attached hydrogens (tertiary/aromatic N) is 2. The van der Waals surface area contributed by atoms with Crippen molar-refractivity contribution < 1.29 is 19.4 Å². The highest BCUT2D eigenvalue weighted by atomic mass is 16.5. The first-order valence-electron chi connectivity index (χ1n) is 14.0. The summed E-state index contributed by atoms with van der Waals surface area (Å²) in [6, 6.07) is 6.35. The molecule has 1 amide bonds. The van der Waals surface area contributed by atoms with E-state index in [0.29, 0.717) is 0 Å². The van der Waals surface area contributed by atoms with E-state index in [9.17, 15) is 14.7 Å². The largest absolute Gasteiger partial charge is 0.493 e. The Hall–Kier alpha value is -2.08. The summed E-state index contributed by atoms with van der Waals surface area (Å²) in [5.41, 5.74) is 2.54. The van der Waals surface area contributed by atoms with Gasteiger partial charge < -0.3 is 19.6 Å². The summed E-state index contributed by atoms with van der Waals surface area (Å²) in [6.07, 6.45) is 9.67. The molecule has 1 N–H and O–H groups in total. The first kappa shape index (κ1) is 30.1. The first-order valence-corrected chi connectivity index (χ1v) is 14.0. The van der Waals surface area contributed by atoms with Crippen LogP contribution < -0.4 is 4.74 Å². The summed E-state index contributed by atoms with van der Waals surface area (Å²) in [5, 5.41) is 10.0. The molecule has 1 aromatic rings. The Balaban J connectivity index is 0.000000352. The van der Waals surface area contributed by atoms with Crippen molar-refractivity contribution in [3.8, 4) is 5.75 Å². The fourth-order valence-electron chi connectivity index (χ4n) is 5.76. The molecule has 36 heavy (non-hydrogen) atoms. The van der Waals surface area contributed by atoms with Crippen LogP contribution in [0.3, 0.4) is 0 Å². The number of aliphatic carboxylic acids is 1. The van der Waals surface area contributed by atoms with Crippen molar-refractivity contribution in [2.45, 2.75) is 97.9 Å². The number of carboxylic acid groups (broad SMARTS) is 1. The Labute approximate surface area is 219 Å². The van der Waals surface area contributed by atoms with Gasteiger partial charge in [0.25, 0.3) is 0 Å². The molecule has 0 aliphatic carbocycles. The number of carbonyl (C=O) groups excluding carboxylic acids is 1. The van der Waals surface area contributed by atoms with E-state index in [1.165, 1.54) is 5.56 Å². The second-order valence-corrected chi connectivity index (χ2v) is 11.4. The van der Waals surface area contributed by atoms with Crippen molar-refractivity contribution in [1.29, 1.82) is 0 Å². The van der Waals surface area contributed by atoms with Gasteiger partial charge >= 0.3 is 5.97 Å². The van der Waals surface area contributed by atoms with Crippen molar-refractivity contribution in [1.82, 2.24) is 9.80 Å². The van der Waals surface area contributed by atoms with Crippen molar-refractivity contribution in [2.24, 2.45) is 11.3 Å². The Morgan fingerprint density at radius 1 is 1.17 bits per heavy atom. The van der Waals surface area contributed by atoms with E-state index in [1.54, 1.807) is 0 Å². The predicted molar refractivity (Wildman–Crippen MR) is 147 cm³/mol. The van der Waals surface area contributed by atoms with Gasteiger partial charge in [-0.2, -0.15) is 0 Å². The fraction of sp³-hybridized carbons (Fsp3) is 0.733. The number of amides is 1. The molecule has 2 aliphatic rings. The summed E-state index contributed by atoms with van der Waals surface area (Å²) < 4.78 is 5.60. The van der Waals surface area contributed by atoms with E-state index in [1.807, 2.05) is 11.0 Å². The summed E-state index contributed by atoms with van der Waals surface area (Å²) in [6.45, 7) is 14.4. The topological polar surface area (TPSA) is 70.1 Å². The smallest absolute Gasteiger partial charge is 0.308 e. The summed E-state index contributed by atoms with van der Waals surface area (Å²) >= 11 is 0. The van der Waals surface area contributed by atoms with Gasteiger partial charge in [-0.25, -0.2) is 0 Å². The van der Waals surface area contributed by atoms with Crippen LogP contribution >= 0.6 is 0 Å². The monoisotopic (exact) mass is 502 g/mol. The molecule has 0 aromatic heterocycles. The molecule has 0 bridgehead atoms. The minimum absolute atomic E-state index is 0.0517. The number of carbonyl (C=O) groups is 2. The van der Waals surface area contributed by atoms with Gasteiger partial charge in [0.15, 0.2) is 0 Å². The lowest BCUT2D eigenvalue weighted by atomic mass is 9.76. The standard InChI is InChI=1S/C21H31NO3.C9H19NO/c1-5-9-21(2,3)12-17-19(20(23)24)16(13-22(17)4)14-6-7-18-15(11-14)8-10-25-18;1-3-5-7-10(9-11)8-6-4-2/h6-7,11,16-17,19H,5,8-10,12-13H2,1-4H3,(H,23,24);9H,3-8H2,1-2H3. The minimum Gasteiger partial charge on any atom is -0.493 e. The number of likely N-dealkylation sites (tertiary alicyclic amines) is 1. The van der Waals surface area contributed by atoms with Gasteiger partial charge in [-0.3, -0.25) is 9.59 Å². The van der Waals surface area contributed by atoms with Gasteiger partial charge in [-0.15, -0.1) is 0 Å². The predicted octanol–water partition coefficient (Wildman–Crippen LogP) is 5.98. The maximum absolute atomic E-state index is 12.2. The Morgan fingerprint density at radius 2 is 1.83 bits per heavy atom. The number of fused-ring (bicyclic) bond motifs is 1. The molecular weight excluding hydrogens is 452 g/mol. The SMILES string of the molecule is CCCC(C)(C)CC1C(C(=O)O)C(c2ccc3c(c2)CCO3)CN1C.CCCCN(C=O)CCCC. The van der Waals surface area contributed by atoms with Crippen molar-refractivity contribution in [3.63, 3.8) is 0 Å². The third-order valence-electron chi connectivity index (χ3n) is 7.76. The second-order valence-electron chi connectivity index (χ2n) is 11.4. The van der Waals surface area contributed by atoms with Crippen molar-refractivity contribution >= 4 is 12.4 Å². The van der Waals surface area contributed by atoms with E-state index in [2.05, 4.69) is 58.7 Å². The van der Waals surface area contributed by atoms with Gasteiger partial charge in [-0.1, -0.05) is 66.0 Å². The van der Waals surface area contributed by atoms with Gasteiger partial charge in [0, 0.05) is 38.0 Å². The molecule has 2 heterocycles. The lowest BCUT2D eigenvalue weighted by Crippen LogP contribution is -2.37. The third kappa shape index (κ3) is 8.50. The zero-order chi connectivity index (χ0) is 26.7. The van der Waals surface area contributed by atoms with Crippen LogP contribution in [0.5, 0.6) is 5.75 Å². The Morgan fingerprint density at radius 3 is 2.39 bits per heavy atom. The maximum Gasteiger partial charge on any atom is 0.308 e. The number of ether oxygens (including phenoxy) is 1. The molecular formula is C30H50N2O4. The molecule has 0 spiro atoms. The normalized spacial score (nSPS) is 21.3. The summed E-state index contributed by atoms with van der Waals surface area (Å²) in [4.78, 5) is 26.7. The number of rotatable bonds is 13. The van der Waals surface area contributed by atoms with Crippen LogP contribution in [-0.4, -0.2) is 66.6 Å². The van der Waals surface area contributed by atoms with E-state index in [-0.39, 0.29) is 23.3 Å². The Bertz CT molecular complexity index is 817. The van der Waals surface area contributed by atoms with Gasteiger partial charge in [0.1, 0.15) is 5.75 Å². The van der Waals surface area contributed by atoms with Crippen molar-refractivity contribution in [3.05, 3.63) is 29.3 Å². The molecule has 3 rings (SSSR count). The van der Waals surface area contributed by atoms with E-state index < -0.39 is 5.97 Å². The molecule has 1 aromatic carbocycles. The average Bonchev–Trinajstić information content (AvgIpc) is 3.43. The second kappa shape index (κ2) is 14.6. The average molecular weight is 503 g/mol. The van der Waals surface area contributed by atoms with E-state index in [0.717, 1.165) is 95.3 Å². The molecule has 2 aliphatic heterocycles. The minimum atomic E-state index is -0.664. The maximum atomic E-state index is 12.2.